The van der Waals surface area contributed by atoms with E-state index in [1.54, 1.807) is 0 Å². The van der Waals surface area contributed by atoms with Gasteiger partial charge in [-0.1, -0.05) is 30.3 Å². The maximum Gasteiger partial charge on any atom is 0.178 e. The molecular formula is C17H21NO. The smallest absolute Gasteiger partial charge is 0.178 e. The summed E-state index contributed by atoms with van der Waals surface area (Å²) in [5.41, 5.74) is 2.38. The van der Waals surface area contributed by atoms with Gasteiger partial charge in [-0.15, -0.1) is 0 Å². The molecule has 1 aromatic rings. The summed E-state index contributed by atoms with van der Waals surface area (Å²) in [6, 6.07) is 10.2. The molecule has 0 aliphatic heterocycles. The minimum Gasteiger partial charge on any atom is -0.624 e. The van der Waals surface area contributed by atoms with Crippen molar-refractivity contribution in [2.75, 3.05) is 0 Å². The van der Waals surface area contributed by atoms with Gasteiger partial charge in [0.2, 0.25) is 0 Å². The lowest BCUT2D eigenvalue weighted by Gasteiger charge is -2.48. The standard InChI is InChI=1S/C17H21NO/c19-18(11-12-4-2-1-3-5-12)17-15-7-13-6-14(9-15)10-16(17)8-13/h1-5,13-16H,6-11H2. The number of hydrogen-bond donors (Lipinski definition) is 0. The van der Waals surface area contributed by atoms with Crippen LogP contribution in [-0.4, -0.2) is 10.5 Å². The van der Waals surface area contributed by atoms with Gasteiger partial charge in [0, 0.05) is 17.4 Å². The topological polar surface area (TPSA) is 26.1 Å². The van der Waals surface area contributed by atoms with Crippen LogP contribution >= 0.6 is 0 Å². The van der Waals surface area contributed by atoms with Crippen LogP contribution in [0.3, 0.4) is 0 Å². The summed E-state index contributed by atoms with van der Waals surface area (Å²) in [7, 11) is 0. The summed E-state index contributed by atoms with van der Waals surface area (Å²) in [6.07, 6.45) is 6.59. The summed E-state index contributed by atoms with van der Waals surface area (Å²) in [4.78, 5) is 0. The number of rotatable bonds is 2. The molecule has 0 atom stereocenters. The predicted molar refractivity (Wildman–Crippen MR) is 75.8 cm³/mol. The largest absolute Gasteiger partial charge is 0.624 e. The van der Waals surface area contributed by atoms with Crippen molar-refractivity contribution >= 4 is 5.71 Å². The van der Waals surface area contributed by atoms with Gasteiger partial charge in [0.25, 0.3) is 0 Å². The maximum absolute atomic E-state index is 12.6. The lowest BCUT2D eigenvalue weighted by Crippen LogP contribution is -2.48. The van der Waals surface area contributed by atoms with E-state index in [4.69, 9.17) is 0 Å². The van der Waals surface area contributed by atoms with Crippen molar-refractivity contribution in [1.82, 2.24) is 0 Å². The van der Waals surface area contributed by atoms with Crippen LogP contribution in [-0.2, 0) is 6.54 Å². The van der Waals surface area contributed by atoms with E-state index in [9.17, 15) is 5.21 Å². The first-order valence-corrected chi connectivity index (χ1v) is 7.65. The molecule has 0 N–H and O–H groups in total. The Labute approximate surface area is 114 Å². The monoisotopic (exact) mass is 255 g/mol. The molecular weight excluding hydrogens is 234 g/mol. The second-order valence-electron chi connectivity index (χ2n) is 6.75. The molecule has 2 heteroatoms. The number of hydroxylamine groups is 1. The molecule has 0 saturated heterocycles. The molecule has 4 saturated carbocycles. The average Bonchev–Trinajstić information content (AvgIpc) is 2.38. The highest BCUT2D eigenvalue weighted by atomic mass is 16.5. The molecule has 0 aromatic heterocycles. The quantitative estimate of drug-likeness (QED) is 0.450. The highest BCUT2D eigenvalue weighted by molar-refractivity contribution is 5.86. The van der Waals surface area contributed by atoms with E-state index in [2.05, 4.69) is 12.1 Å². The Kier molecular flexibility index (Phi) is 2.64. The molecule has 4 aliphatic rings. The van der Waals surface area contributed by atoms with Crippen LogP contribution < -0.4 is 0 Å². The third kappa shape index (κ3) is 1.98. The zero-order chi connectivity index (χ0) is 12.8. The Bertz CT molecular complexity index is 475. The summed E-state index contributed by atoms with van der Waals surface area (Å²) >= 11 is 0. The molecule has 0 spiro atoms. The maximum atomic E-state index is 12.6. The fraction of sp³-hybridized carbons (Fsp3) is 0.588. The second kappa shape index (κ2) is 4.36. The van der Waals surface area contributed by atoms with E-state index in [0.29, 0.717) is 18.4 Å². The average molecular weight is 255 g/mol. The van der Waals surface area contributed by atoms with Crippen molar-refractivity contribution in [3.63, 3.8) is 0 Å². The summed E-state index contributed by atoms with van der Waals surface area (Å²) in [6.45, 7) is 0.540. The highest BCUT2D eigenvalue weighted by Gasteiger charge is 2.49. The van der Waals surface area contributed by atoms with Crippen LogP contribution in [0.25, 0.3) is 0 Å². The van der Waals surface area contributed by atoms with Crippen molar-refractivity contribution in [3.05, 3.63) is 41.1 Å². The Hall–Kier alpha value is -1.31. The third-order valence-corrected chi connectivity index (χ3v) is 5.43. The SMILES string of the molecule is [O-][N+](Cc1ccccc1)=C1C2CC3CC(C2)CC1C3. The molecule has 0 heterocycles. The zero-order valence-corrected chi connectivity index (χ0v) is 11.3. The van der Waals surface area contributed by atoms with Crippen molar-refractivity contribution < 1.29 is 4.74 Å². The Morgan fingerprint density at radius 2 is 1.47 bits per heavy atom. The van der Waals surface area contributed by atoms with Gasteiger partial charge in [-0.2, -0.15) is 0 Å². The first-order valence-electron chi connectivity index (χ1n) is 7.65. The van der Waals surface area contributed by atoms with Crippen LogP contribution in [0.15, 0.2) is 30.3 Å². The first kappa shape index (κ1) is 11.5. The highest BCUT2D eigenvalue weighted by Crippen LogP contribution is 2.52. The predicted octanol–water partition coefficient (Wildman–Crippen LogP) is 3.59. The van der Waals surface area contributed by atoms with Gasteiger partial charge in [-0.3, -0.25) is 0 Å². The summed E-state index contributed by atoms with van der Waals surface area (Å²) in [5, 5.41) is 12.6. The van der Waals surface area contributed by atoms with Crippen LogP contribution in [0.1, 0.15) is 37.7 Å². The number of hydrogen-bond acceptors (Lipinski definition) is 1. The molecule has 4 aliphatic carbocycles. The van der Waals surface area contributed by atoms with Crippen LogP contribution in [0.2, 0.25) is 0 Å². The van der Waals surface area contributed by atoms with E-state index >= 15 is 0 Å². The molecule has 5 rings (SSSR count). The molecule has 19 heavy (non-hydrogen) atoms. The molecule has 0 unspecified atom stereocenters. The van der Waals surface area contributed by atoms with E-state index in [0.717, 1.165) is 17.4 Å². The van der Waals surface area contributed by atoms with Gasteiger partial charge < -0.3 is 5.21 Å². The van der Waals surface area contributed by atoms with Crippen LogP contribution in [0, 0.1) is 28.9 Å². The molecule has 2 nitrogen and oxygen atoms in total. The zero-order valence-electron chi connectivity index (χ0n) is 11.3. The molecule has 4 bridgehead atoms. The van der Waals surface area contributed by atoms with Crippen molar-refractivity contribution in [2.45, 2.75) is 38.6 Å². The third-order valence-electron chi connectivity index (χ3n) is 5.43. The van der Waals surface area contributed by atoms with E-state index in [1.807, 2.05) is 18.2 Å². The normalized spacial score (nSPS) is 35.7. The minimum absolute atomic E-state index is 0.540. The van der Waals surface area contributed by atoms with Gasteiger partial charge in [-0.05, 0) is 43.9 Å². The van der Waals surface area contributed by atoms with E-state index < -0.39 is 0 Å². The number of benzene rings is 1. The molecule has 100 valence electrons. The summed E-state index contributed by atoms with van der Waals surface area (Å²) in [5.74, 6) is 3.07. The minimum atomic E-state index is 0.540. The molecule has 1 aromatic carbocycles. The van der Waals surface area contributed by atoms with Gasteiger partial charge in [-0.25, -0.2) is 4.74 Å². The van der Waals surface area contributed by atoms with Crippen molar-refractivity contribution in [1.29, 1.82) is 0 Å². The van der Waals surface area contributed by atoms with Crippen LogP contribution in [0.5, 0.6) is 0 Å². The van der Waals surface area contributed by atoms with Crippen molar-refractivity contribution in [2.24, 2.45) is 23.7 Å². The van der Waals surface area contributed by atoms with Gasteiger partial charge in [0.15, 0.2) is 12.3 Å². The molecule has 0 amide bonds. The second-order valence-corrected chi connectivity index (χ2v) is 6.75. The summed E-state index contributed by atoms with van der Waals surface area (Å²) < 4.78 is 1.34. The van der Waals surface area contributed by atoms with E-state index in [-0.39, 0.29) is 0 Å². The lowest BCUT2D eigenvalue weighted by molar-refractivity contribution is -0.482. The van der Waals surface area contributed by atoms with E-state index in [1.165, 1.54) is 42.6 Å². The first-order chi connectivity index (χ1) is 9.29. The fourth-order valence-electron chi connectivity index (χ4n) is 4.91. The van der Waals surface area contributed by atoms with Crippen molar-refractivity contribution in [3.8, 4) is 0 Å². The van der Waals surface area contributed by atoms with Crippen LogP contribution in [0.4, 0.5) is 0 Å². The van der Waals surface area contributed by atoms with Gasteiger partial charge in [0.05, 0.1) is 0 Å². The Morgan fingerprint density at radius 1 is 0.895 bits per heavy atom. The number of nitrogens with zero attached hydrogens (tertiary/aromatic N) is 1. The Morgan fingerprint density at radius 3 is 2.05 bits per heavy atom. The molecule has 0 radical (unpaired) electrons. The van der Waals surface area contributed by atoms with Gasteiger partial charge >= 0.3 is 0 Å². The Balaban J connectivity index is 1.62. The fourth-order valence-corrected chi connectivity index (χ4v) is 4.91. The molecule has 4 fully saturated rings. The lowest BCUT2D eigenvalue weighted by atomic mass is 9.55. The van der Waals surface area contributed by atoms with Gasteiger partial charge in [0.1, 0.15) is 0 Å².